The SMILES string of the molecule is COc1ccc(/C=C/C(=O)OC(C)(C)C2CC[NH2+]CC2)cc1. The van der Waals surface area contributed by atoms with Crippen molar-refractivity contribution in [2.24, 2.45) is 5.92 Å². The van der Waals surface area contributed by atoms with Crippen LogP contribution in [-0.2, 0) is 9.53 Å². The number of piperidine rings is 1. The van der Waals surface area contributed by atoms with Gasteiger partial charge in [0.2, 0.25) is 0 Å². The highest BCUT2D eigenvalue weighted by atomic mass is 16.6. The number of ether oxygens (including phenoxy) is 2. The predicted molar refractivity (Wildman–Crippen MR) is 86.6 cm³/mol. The Balaban J connectivity index is 1.91. The fourth-order valence-corrected chi connectivity index (χ4v) is 2.88. The molecule has 2 rings (SSSR count). The fourth-order valence-electron chi connectivity index (χ4n) is 2.88. The standard InChI is InChI=1S/C18H25NO3/c1-18(2,15-10-12-19-13-11-15)22-17(20)9-6-14-4-7-16(21-3)8-5-14/h4-9,15,19H,10-13H2,1-3H3/p+1/b9-6+. The Morgan fingerprint density at radius 2 is 1.86 bits per heavy atom. The molecule has 0 spiro atoms. The molecular formula is C18H26NO3+. The van der Waals surface area contributed by atoms with Crippen LogP contribution in [0.15, 0.2) is 30.3 Å². The summed E-state index contributed by atoms with van der Waals surface area (Å²) >= 11 is 0. The first-order valence-electron chi connectivity index (χ1n) is 7.88. The van der Waals surface area contributed by atoms with E-state index in [1.54, 1.807) is 13.2 Å². The number of hydrogen-bond donors (Lipinski definition) is 1. The van der Waals surface area contributed by atoms with Gasteiger partial charge in [0, 0.05) is 24.8 Å². The highest BCUT2D eigenvalue weighted by Crippen LogP contribution is 2.28. The van der Waals surface area contributed by atoms with Crippen molar-refractivity contribution < 1.29 is 19.6 Å². The Hall–Kier alpha value is -1.81. The number of nitrogens with two attached hydrogens (primary N) is 1. The van der Waals surface area contributed by atoms with Crippen LogP contribution in [0.4, 0.5) is 0 Å². The monoisotopic (exact) mass is 304 g/mol. The van der Waals surface area contributed by atoms with Crippen molar-refractivity contribution >= 4 is 12.0 Å². The molecule has 1 aromatic carbocycles. The Kier molecular flexibility index (Phi) is 5.61. The first-order chi connectivity index (χ1) is 10.5. The van der Waals surface area contributed by atoms with Crippen molar-refractivity contribution in [1.29, 1.82) is 0 Å². The normalized spacial score (nSPS) is 16.7. The van der Waals surface area contributed by atoms with E-state index < -0.39 is 5.60 Å². The third-order valence-corrected chi connectivity index (χ3v) is 4.31. The third kappa shape index (κ3) is 4.60. The van der Waals surface area contributed by atoms with Crippen LogP contribution in [0.2, 0.25) is 0 Å². The summed E-state index contributed by atoms with van der Waals surface area (Å²) in [7, 11) is 1.63. The largest absolute Gasteiger partial charge is 0.497 e. The van der Waals surface area contributed by atoms with Gasteiger partial charge < -0.3 is 14.8 Å². The summed E-state index contributed by atoms with van der Waals surface area (Å²) in [4.78, 5) is 12.1. The van der Waals surface area contributed by atoms with Gasteiger partial charge in [0.25, 0.3) is 0 Å². The molecule has 0 atom stereocenters. The topological polar surface area (TPSA) is 52.1 Å². The summed E-state index contributed by atoms with van der Waals surface area (Å²) in [6.45, 7) is 6.27. The molecule has 0 aromatic heterocycles. The van der Waals surface area contributed by atoms with Gasteiger partial charge in [-0.15, -0.1) is 0 Å². The van der Waals surface area contributed by atoms with E-state index in [0.29, 0.717) is 5.92 Å². The van der Waals surface area contributed by atoms with Gasteiger partial charge in [0.1, 0.15) is 11.4 Å². The molecule has 0 radical (unpaired) electrons. The van der Waals surface area contributed by atoms with Crippen LogP contribution in [0.25, 0.3) is 6.08 Å². The van der Waals surface area contributed by atoms with Crippen LogP contribution in [0.3, 0.4) is 0 Å². The van der Waals surface area contributed by atoms with Gasteiger partial charge in [-0.3, -0.25) is 0 Å². The van der Waals surface area contributed by atoms with Crippen molar-refractivity contribution in [3.63, 3.8) is 0 Å². The molecule has 4 nitrogen and oxygen atoms in total. The molecule has 1 aliphatic rings. The highest BCUT2D eigenvalue weighted by Gasteiger charge is 2.34. The molecule has 1 aromatic rings. The molecule has 0 amide bonds. The average Bonchev–Trinajstić information content (AvgIpc) is 2.54. The molecule has 1 heterocycles. The number of carbonyl (C=O) groups is 1. The molecule has 120 valence electrons. The minimum atomic E-state index is -0.407. The highest BCUT2D eigenvalue weighted by molar-refractivity contribution is 5.87. The number of quaternary nitrogens is 1. The average molecular weight is 304 g/mol. The van der Waals surface area contributed by atoms with E-state index in [4.69, 9.17) is 9.47 Å². The third-order valence-electron chi connectivity index (χ3n) is 4.31. The number of methoxy groups -OCH3 is 1. The van der Waals surface area contributed by atoms with Crippen molar-refractivity contribution in [2.75, 3.05) is 20.2 Å². The zero-order valence-electron chi connectivity index (χ0n) is 13.7. The van der Waals surface area contributed by atoms with Gasteiger partial charge in [0.05, 0.1) is 20.2 Å². The van der Waals surface area contributed by atoms with Crippen molar-refractivity contribution in [2.45, 2.75) is 32.3 Å². The maximum Gasteiger partial charge on any atom is 0.331 e. The Morgan fingerprint density at radius 1 is 1.23 bits per heavy atom. The fraction of sp³-hybridized carbons (Fsp3) is 0.500. The number of hydrogen-bond acceptors (Lipinski definition) is 3. The molecule has 0 aliphatic carbocycles. The second kappa shape index (κ2) is 7.45. The first-order valence-corrected chi connectivity index (χ1v) is 7.88. The van der Waals surface area contributed by atoms with E-state index in [2.05, 4.69) is 5.32 Å². The van der Waals surface area contributed by atoms with Crippen LogP contribution in [0.1, 0.15) is 32.3 Å². The van der Waals surface area contributed by atoms with Crippen molar-refractivity contribution in [3.05, 3.63) is 35.9 Å². The number of esters is 1. The molecular weight excluding hydrogens is 278 g/mol. The van der Waals surface area contributed by atoms with Crippen LogP contribution in [0, 0.1) is 5.92 Å². The van der Waals surface area contributed by atoms with Gasteiger partial charge in [-0.05, 0) is 37.6 Å². The minimum Gasteiger partial charge on any atom is -0.497 e. The number of benzene rings is 1. The van der Waals surface area contributed by atoms with Crippen LogP contribution in [-0.4, -0.2) is 31.8 Å². The molecule has 4 heteroatoms. The Morgan fingerprint density at radius 3 is 2.45 bits per heavy atom. The second-order valence-corrected chi connectivity index (χ2v) is 6.27. The van der Waals surface area contributed by atoms with Crippen molar-refractivity contribution in [1.82, 2.24) is 0 Å². The van der Waals surface area contributed by atoms with Crippen LogP contribution < -0.4 is 10.1 Å². The van der Waals surface area contributed by atoms with Crippen LogP contribution in [0.5, 0.6) is 5.75 Å². The van der Waals surface area contributed by atoms with Gasteiger partial charge in [-0.1, -0.05) is 12.1 Å². The molecule has 22 heavy (non-hydrogen) atoms. The summed E-state index contributed by atoms with van der Waals surface area (Å²) < 4.78 is 10.8. The van der Waals surface area contributed by atoms with Gasteiger partial charge in [-0.2, -0.15) is 0 Å². The number of rotatable bonds is 5. The number of carbonyl (C=O) groups excluding carboxylic acids is 1. The summed E-state index contributed by atoms with van der Waals surface area (Å²) in [5.74, 6) is 0.959. The molecule has 1 aliphatic heterocycles. The minimum absolute atomic E-state index is 0.282. The van der Waals surface area contributed by atoms with E-state index in [9.17, 15) is 4.79 Å². The maximum atomic E-state index is 12.1. The Bertz CT molecular complexity index is 514. The molecule has 2 N–H and O–H groups in total. The molecule has 1 fully saturated rings. The quantitative estimate of drug-likeness (QED) is 0.669. The van der Waals surface area contributed by atoms with Crippen molar-refractivity contribution in [3.8, 4) is 5.75 Å². The molecule has 0 unspecified atom stereocenters. The lowest BCUT2D eigenvalue weighted by molar-refractivity contribution is -0.665. The Labute approximate surface area is 132 Å². The first kappa shape index (κ1) is 16.6. The zero-order valence-corrected chi connectivity index (χ0v) is 13.7. The molecule has 1 saturated heterocycles. The molecule has 0 saturated carbocycles. The lowest BCUT2D eigenvalue weighted by atomic mass is 9.83. The molecule has 0 bridgehead atoms. The van der Waals surface area contributed by atoms with Crippen LogP contribution >= 0.6 is 0 Å². The summed E-state index contributed by atoms with van der Waals surface area (Å²) in [6, 6.07) is 7.55. The zero-order chi connectivity index (χ0) is 16.0. The summed E-state index contributed by atoms with van der Waals surface area (Å²) in [6.07, 6.45) is 5.47. The smallest absolute Gasteiger partial charge is 0.331 e. The van der Waals surface area contributed by atoms with E-state index in [1.165, 1.54) is 6.08 Å². The predicted octanol–water partition coefficient (Wildman–Crippen LogP) is 2.00. The lowest BCUT2D eigenvalue weighted by Crippen LogP contribution is -2.86. The van der Waals surface area contributed by atoms with Gasteiger partial charge >= 0.3 is 5.97 Å². The summed E-state index contributed by atoms with van der Waals surface area (Å²) in [5, 5.41) is 2.32. The summed E-state index contributed by atoms with van der Waals surface area (Å²) in [5.41, 5.74) is 0.540. The van der Waals surface area contributed by atoms with E-state index in [-0.39, 0.29) is 5.97 Å². The van der Waals surface area contributed by atoms with Gasteiger partial charge in [0.15, 0.2) is 0 Å². The van der Waals surface area contributed by atoms with E-state index in [0.717, 1.165) is 37.2 Å². The lowest BCUT2D eigenvalue weighted by Gasteiger charge is -2.35. The van der Waals surface area contributed by atoms with E-state index >= 15 is 0 Å². The second-order valence-electron chi connectivity index (χ2n) is 6.27. The van der Waals surface area contributed by atoms with E-state index in [1.807, 2.05) is 38.1 Å². The van der Waals surface area contributed by atoms with Gasteiger partial charge in [-0.25, -0.2) is 4.79 Å². The maximum absolute atomic E-state index is 12.1.